The summed E-state index contributed by atoms with van der Waals surface area (Å²) in [6.45, 7) is 3.74. The van der Waals surface area contributed by atoms with Crippen molar-refractivity contribution in [3.05, 3.63) is 16.6 Å². The maximum Gasteiger partial charge on any atom is 0.315 e. The average molecular weight is 297 g/mol. The lowest BCUT2D eigenvalue weighted by Crippen LogP contribution is -2.51. The average Bonchev–Trinajstić information content (AvgIpc) is 2.97. The van der Waals surface area contributed by atoms with E-state index in [9.17, 15) is 9.59 Å². The van der Waals surface area contributed by atoms with E-state index in [4.69, 9.17) is 5.11 Å². The van der Waals surface area contributed by atoms with Crippen LogP contribution in [-0.4, -0.2) is 28.1 Å². The summed E-state index contributed by atoms with van der Waals surface area (Å²) >= 11 is 1.47. The maximum atomic E-state index is 12.0. The van der Waals surface area contributed by atoms with Crippen molar-refractivity contribution in [3.63, 3.8) is 0 Å². The van der Waals surface area contributed by atoms with Crippen molar-refractivity contribution < 1.29 is 14.7 Å². The highest BCUT2D eigenvalue weighted by Crippen LogP contribution is 2.26. The molecule has 2 atom stereocenters. The molecule has 1 heterocycles. The van der Waals surface area contributed by atoms with Gasteiger partial charge in [0.25, 0.3) is 0 Å². The number of aliphatic carboxylic acids is 1. The number of nitrogens with zero attached hydrogens (tertiary/aromatic N) is 1. The third-order valence-electron chi connectivity index (χ3n) is 3.54. The Morgan fingerprint density at radius 3 is 2.80 bits per heavy atom. The molecule has 6 nitrogen and oxygen atoms in total. The first-order valence-electron chi connectivity index (χ1n) is 6.61. The smallest absolute Gasteiger partial charge is 0.315 e. The highest BCUT2D eigenvalue weighted by atomic mass is 32.1. The first-order valence-corrected chi connectivity index (χ1v) is 7.49. The van der Waals surface area contributed by atoms with Crippen LogP contribution in [0.2, 0.25) is 0 Å². The minimum absolute atomic E-state index is 0.292. The molecule has 7 heteroatoms. The van der Waals surface area contributed by atoms with Crippen molar-refractivity contribution in [1.29, 1.82) is 0 Å². The normalized spacial score (nSPS) is 22.5. The van der Waals surface area contributed by atoms with Gasteiger partial charge in [0, 0.05) is 17.6 Å². The van der Waals surface area contributed by atoms with Crippen molar-refractivity contribution in [1.82, 2.24) is 15.6 Å². The molecule has 0 aromatic carbocycles. The number of hydrogen-bond acceptors (Lipinski definition) is 4. The van der Waals surface area contributed by atoms with Crippen LogP contribution in [0.1, 0.15) is 38.1 Å². The first-order chi connectivity index (χ1) is 9.40. The van der Waals surface area contributed by atoms with E-state index < -0.39 is 17.4 Å². The third-order valence-corrected chi connectivity index (χ3v) is 4.64. The molecular weight excluding hydrogens is 278 g/mol. The lowest BCUT2D eigenvalue weighted by atomic mass is 10.0. The van der Waals surface area contributed by atoms with Crippen LogP contribution in [0.4, 0.5) is 4.79 Å². The Hall–Kier alpha value is -1.63. The zero-order chi connectivity index (χ0) is 14.8. The van der Waals surface area contributed by atoms with Gasteiger partial charge in [0.1, 0.15) is 5.01 Å². The topological polar surface area (TPSA) is 91.3 Å². The largest absolute Gasteiger partial charge is 0.481 e. The molecule has 1 aliphatic rings. The maximum absolute atomic E-state index is 12.0. The van der Waals surface area contributed by atoms with Gasteiger partial charge in [0.2, 0.25) is 0 Å². The van der Waals surface area contributed by atoms with Crippen LogP contribution in [0, 0.1) is 5.92 Å². The fraction of sp³-hybridized carbons (Fsp3) is 0.615. The minimum atomic E-state index is -0.841. The second kappa shape index (κ2) is 5.78. The fourth-order valence-corrected chi connectivity index (χ4v) is 3.22. The predicted octanol–water partition coefficient (Wildman–Crippen LogP) is 1.93. The number of carbonyl (C=O) groups excluding carboxylic acids is 1. The Morgan fingerprint density at radius 1 is 1.45 bits per heavy atom. The lowest BCUT2D eigenvalue weighted by molar-refractivity contribution is -0.142. The summed E-state index contributed by atoms with van der Waals surface area (Å²) in [7, 11) is 0. The molecule has 0 bridgehead atoms. The molecule has 0 aliphatic heterocycles. The van der Waals surface area contributed by atoms with Gasteiger partial charge in [0.15, 0.2) is 0 Å². The molecule has 1 fully saturated rings. The van der Waals surface area contributed by atoms with E-state index in [1.807, 2.05) is 19.2 Å². The Labute approximate surface area is 121 Å². The summed E-state index contributed by atoms with van der Waals surface area (Å²) in [6, 6.07) is -0.636. The summed E-state index contributed by atoms with van der Waals surface area (Å²) in [5.74, 6) is -1.32. The van der Waals surface area contributed by atoms with Crippen molar-refractivity contribution >= 4 is 23.3 Å². The van der Waals surface area contributed by atoms with Crippen LogP contribution in [-0.2, 0) is 10.3 Å². The summed E-state index contributed by atoms with van der Waals surface area (Å²) in [5.41, 5.74) is -0.574. The van der Waals surface area contributed by atoms with Crippen LogP contribution < -0.4 is 10.6 Å². The van der Waals surface area contributed by atoms with Crippen molar-refractivity contribution in [2.24, 2.45) is 5.92 Å². The standard InChI is InChI=1S/C13H19N3O3S/c1-13(2,11-14-6-7-20-11)16-12(19)15-9-5-3-4-8(9)10(17)18/h6-9H,3-5H2,1-2H3,(H,17,18)(H2,15,16,19). The molecule has 1 aromatic heterocycles. The summed E-state index contributed by atoms with van der Waals surface area (Å²) in [4.78, 5) is 27.3. The summed E-state index contributed by atoms with van der Waals surface area (Å²) in [5, 5.41) is 17.4. The number of nitrogens with one attached hydrogen (secondary N) is 2. The van der Waals surface area contributed by atoms with Gasteiger partial charge >= 0.3 is 12.0 Å². The monoisotopic (exact) mass is 297 g/mol. The van der Waals surface area contributed by atoms with Crippen LogP contribution in [0.25, 0.3) is 0 Å². The van der Waals surface area contributed by atoms with E-state index in [1.54, 1.807) is 6.20 Å². The molecule has 20 heavy (non-hydrogen) atoms. The second-order valence-corrected chi connectivity index (χ2v) is 6.44. The Bertz CT molecular complexity index is 487. The molecule has 2 rings (SSSR count). The van der Waals surface area contributed by atoms with Gasteiger partial charge < -0.3 is 15.7 Å². The lowest BCUT2D eigenvalue weighted by Gasteiger charge is -2.26. The van der Waals surface area contributed by atoms with Gasteiger partial charge in [-0.05, 0) is 26.7 Å². The predicted molar refractivity (Wildman–Crippen MR) is 75.6 cm³/mol. The SMILES string of the molecule is CC(C)(NC(=O)NC1CCCC1C(=O)O)c1nccs1. The van der Waals surface area contributed by atoms with E-state index >= 15 is 0 Å². The number of urea groups is 1. The molecule has 3 N–H and O–H groups in total. The molecule has 2 amide bonds. The van der Waals surface area contributed by atoms with Crippen LogP contribution >= 0.6 is 11.3 Å². The van der Waals surface area contributed by atoms with E-state index in [0.29, 0.717) is 12.8 Å². The van der Waals surface area contributed by atoms with E-state index in [1.165, 1.54) is 11.3 Å². The molecule has 0 spiro atoms. The number of aromatic nitrogens is 1. The molecule has 1 aromatic rings. The molecule has 0 radical (unpaired) electrons. The van der Waals surface area contributed by atoms with Gasteiger partial charge in [-0.1, -0.05) is 6.42 Å². The van der Waals surface area contributed by atoms with Crippen molar-refractivity contribution in [2.45, 2.75) is 44.7 Å². The molecule has 110 valence electrons. The Balaban J connectivity index is 1.94. The van der Waals surface area contributed by atoms with E-state index in [-0.39, 0.29) is 12.1 Å². The molecular formula is C13H19N3O3S. The van der Waals surface area contributed by atoms with Crippen LogP contribution in [0.3, 0.4) is 0 Å². The number of carboxylic acids is 1. The number of carbonyl (C=O) groups is 2. The number of rotatable bonds is 4. The first kappa shape index (κ1) is 14.8. The second-order valence-electron chi connectivity index (χ2n) is 5.54. The van der Waals surface area contributed by atoms with Gasteiger partial charge in [0.05, 0.1) is 11.5 Å². The zero-order valence-corrected chi connectivity index (χ0v) is 12.4. The molecule has 1 saturated carbocycles. The quantitative estimate of drug-likeness (QED) is 0.792. The van der Waals surface area contributed by atoms with Crippen molar-refractivity contribution in [2.75, 3.05) is 0 Å². The minimum Gasteiger partial charge on any atom is -0.481 e. The van der Waals surface area contributed by atoms with Crippen molar-refractivity contribution in [3.8, 4) is 0 Å². The molecule has 0 saturated heterocycles. The van der Waals surface area contributed by atoms with Crippen LogP contribution in [0.15, 0.2) is 11.6 Å². The zero-order valence-electron chi connectivity index (χ0n) is 11.5. The summed E-state index contributed by atoms with van der Waals surface area (Å²) in [6.07, 6.45) is 3.86. The van der Waals surface area contributed by atoms with E-state index in [0.717, 1.165) is 11.4 Å². The number of carboxylic acid groups (broad SMARTS) is 1. The molecule has 2 unspecified atom stereocenters. The number of thiazole rings is 1. The Morgan fingerprint density at radius 2 is 2.20 bits per heavy atom. The van der Waals surface area contributed by atoms with Gasteiger partial charge in [-0.2, -0.15) is 0 Å². The van der Waals surface area contributed by atoms with Gasteiger partial charge in [-0.25, -0.2) is 9.78 Å². The molecule has 1 aliphatic carbocycles. The van der Waals surface area contributed by atoms with E-state index in [2.05, 4.69) is 15.6 Å². The number of amides is 2. The van der Waals surface area contributed by atoms with Crippen LogP contribution in [0.5, 0.6) is 0 Å². The van der Waals surface area contributed by atoms with Gasteiger partial charge in [-0.3, -0.25) is 4.79 Å². The highest BCUT2D eigenvalue weighted by Gasteiger charge is 2.35. The summed E-state index contributed by atoms with van der Waals surface area (Å²) < 4.78 is 0. The highest BCUT2D eigenvalue weighted by molar-refractivity contribution is 7.09. The third kappa shape index (κ3) is 3.27. The number of hydrogen-bond donors (Lipinski definition) is 3. The fourth-order valence-electron chi connectivity index (χ4n) is 2.50. The van der Waals surface area contributed by atoms with Gasteiger partial charge in [-0.15, -0.1) is 11.3 Å². The Kier molecular flexibility index (Phi) is 4.27.